The average molecular weight is 400 g/mol. The Bertz CT molecular complexity index is 657. The fourth-order valence-electron chi connectivity index (χ4n) is 2.06. The van der Waals surface area contributed by atoms with Crippen LogP contribution in [0.25, 0.3) is 0 Å². The van der Waals surface area contributed by atoms with Crippen LogP contribution in [0.1, 0.15) is 27.0 Å². The lowest BCUT2D eigenvalue weighted by Crippen LogP contribution is -2.05. The van der Waals surface area contributed by atoms with E-state index in [1.54, 1.807) is 6.07 Å². The highest BCUT2D eigenvalue weighted by molar-refractivity contribution is 9.10. The van der Waals surface area contributed by atoms with Crippen molar-refractivity contribution in [2.24, 2.45) is 0 Å². The zero-order valence-electron chi connectivity index (χ0n) is 11.1. The van der Waals surface area contributed by atoms with E-state index in [1.807, 2.05) is 26.0 Å². The normalized spacial score (nSPS) is 10.7. The molecule has 0 bridgehead atoms. The van der Waals surface area contributed by atoms with Gasteiger partial charge >= 0.3 is 0 Å². The van der Waals surface area contributed by atoms with Crippen molar-refractivity contribution in [3.05, 3.63) is 67.3 Å². The van der Waals surface area contributed by atoms with E-state index in [0.29, 0.717) is 11.1 Å². The van der Waals surface area contributed by atoms with Crippen molar-refractivity contribution < 1.29 is 9.18 Å². The van der Waals surface area contributed by atoms with Crippen LogP contribution in [-0.2, 0) is 6.42 Å². The highest BCUT2D eigenvalue weighted by Gasteiger charge is 2.12. The predicted molar refractivity (Wildman–Crippen MR) is 85.8 cm³/mol. The van der Waals surface area contributed by atoms with Gasteiger partial charge in [-0.25, -0.2) is 4.39 Å². The molecule has 2 aromatic carbocycles. The molecular weight excluding hydrogens is 387 g/mol. The second-order valence-corrected chi connectivity index (χ2v) is 6.41. The number of carbonyl (C=O) groups excluding carboxylic acids is 1. The molecule has 104 valence electrons. The first-order valence-electron chi connectivity index (χ1n) is 6.12. The molecule has 0 unspecified atom stereocenters. The fraction of sp³-hybridized carbons (Fsp3) is 0.188. The molecule has 0 atom stereocenters. The minimum atomic E-state index is -0.334. The Morgan fingerprint density at radius 2 is 1.70 bits per heavy atom. The van der Waals surface area contributed by atoms with E-state index >= 15 is 0 Å². The number of hydrogen-bond acceptors (Lipinski definition) is 1. The van der Waals surface area contributed by atoms with Crippen LogP contribution in [0, 0.1) is 19.7 Å². The van der Waals surface area contributed by atoms with Gasteiger partial charge in [0.15, 0.2) is 5.78 Å². The zero-order valence-corrected chi connectivity index (χ0v) is 14.3. The summed E-state index contributed by atoms with van der Waals surface area (Å²) < 4.78 is 15.0. The molecule has 0 aliphatic heterocycles. The summed E-state index contributed by atoms with van der Waals surface area (Å²) in [7, 11) is 0. The summed E-state index contributed by atoms with van der Waals surface area (Å²) in [6.45, 7) is 3.90. The zero-order chi connectivity index (χ0) is 14.9. The van der Waals surface area contributed by atoms with Gasteiger partial charge in [0.25, 0.3) is 0 Å². The highest BCUT2D eigenvalue weighted by Crippen LogP contribution is 2.24. The number of benzene rings is 2. The molecule has 0 spiro atoms. The minimum Gasteiger partial charge on any atom is -0.294 e. The summed E-state index contributed by atoms with van der Waals surface area (Å²) in [6.07, 6.45) is 0.179. The van der Waals surface area contributed by atoms with E-state index in [4.69, 9.17) is 0 Å². The molecule has 0 aliphatic carbocycles. The van der Waals surface area contributed by atoms with Crippen LogP contribution in [0.2, 0.25) is 0 Å². The summed E-state index contributed by atoms with van der Waals surface area (Å²) in [6, 6.07) is 8.09. The smallest absolute Gasteiger partial charge is 0.167 e. The van der Waals surface area contributed by atoms with Gasteiger partial charge in [-0.2, -0.15) is 0 Å². The van der Waals surface area contributed by atoms with Crippen molar-refractivity contribution in [2.45, 2.75) is 20.3 Å². The summed E-state index contributed by atoms with van der Waals surface area (Å²) in [4.78, 5) is 12.3. The lowest BCUT2D eigenvalue weighted by molar-refractivity contribution is 0.0992. The molecule has 0 amide bonds. The number of ketones is 1. The molecule has 1 nitrogen and oxygen atoms in total. The number of rotatable bonds is 3. The summed E-state index contributed by atoms with van der Waals surface area (Å²) in [5, 5.41) is 0. The van der Waals surface area contributed by atoms with Gasteiger partial charge in [-0.3, -0.25) is 4.79 Å². The average Bonchev–Trinajstić information content (AvgIpc) is 2.39. The van der Waals surface area contributed by atoms with Crippen molar-refractivity contribution in [1.29, 1.82) is 0 Å². The van der Waals surface area contributed by atoms with E-state index in [1.165, 1.54) is 12.1 Å². The molecule has 0 heterocycles. The summed E-state index contributed by atoms with van der Waals surface area (Å²) >= 11 is 6.83. The van der Waals surface area contributed by atoms with Crippen molar-refractivity contribution >= 4 is 37.6 Å². The Kier molecular flexibility index (Phi) is 4.76. The highest BCUT2D eigenvalue weighted by atomic mass is 79.9. The number of carbonyl (C=O) groups is 1. The van der Waals surface area contributed by atoms with E-state index < -0.39 is 0 Å². The van der Waals surface area contributed by atoms with Gasteiger partial charge in [-0.05, 0) is 60.9 Å². The Balaban J connectivity index is 2.31. The topological polar surface area (TPSA) is 17.1 Å². The molecule has 2 aromatic rings. The minimum absolute atomic E-state index is 0.0185. The van der Waals surface area contributed by atoms with Crippen LogP contribution in [0.3, 0.4) is 0 Å². The second-order valence-electron chi connectivity index (χ2n) is 4.76. The molecule has 0 N–H and O–H groups in total. The van der Waals surface area contributed by atoms with Crippen molar-refractivity contribution in [2.75, 3.05) is 0 Å². The molecule has 0 aromatic heterocycles. The molecule has 2 rings (SSSR count). The molecule has 20 heavy (non-hydrogen) atoms. The van der Waals surface area contributed by atoms with Crippen LogP contribution < -0.4 is 0 Å². The SMILES string of the molecule is Cc1cc(C(=O)Cc2cc(F)ccc2Br)cc(C)c1Br. The standard InChI is InChI=1S/C16H13Br2FO/c1-9-5-12(6-10(2)16(9)18)15(20)8-11-7-13(19)3-4-14(11)17/h3-7H,8H2,1-2H3. The largest absolute Gasteiger partial charge is 0.294 e. The monoisotopic (exact) mass is 398 g/mol. The molecule has 0 aliphatic rings. The quantitative estimate of drug-likeness (QED) is 0.632. The van der Waals surface area contributed by atoms with Crippen LogP contribution in [0.5, 0.6) is 0 Å². The first-order chi connectivity index (χ1) is 9.38. The maximum absolute atomic E-state index is 13.2. The lowest BCUT2D eigenvalue weighted by Gasteiger charge is -2.08. The fourth-order valence-corrected chi connectivity index (χ4v) is 2.68. The molecule has 0 radical (unpaired) electrons. The van der Waals surface area contributed by atoms with Gasteiger partial charge in [0.2, 0.25) is 0 Å². The summed E-state index contributed by atoms with van der Waals surface area (Å²) in [5.41, 5.74) is 3.35. The first kappa shape index (κ1) is 15.4. The van der Waals surface area contributed by atoms with Crippen LogP contribution in [0.4, 0.5) is 4.39 Å². The third kappa shape index (κ3) is 3.36. The van der Waals surface area contributed by atoms with Crippen molar-refractivity contribution in [3.63, 3.8) is 0 Å². The molecule has 0 saturated carbocycles. The molecule has 4 heteroatoms. The Morgan fingerprint density at radius 3 is 2.30 bits per heavy atom. The van der Waals surface area contributed by atoms with Crippen LogP contribution in [-0.4, -0.2) is 5.78 Å². The van der Waals surface area contributed by atoms with Crippen LogP contribution in [0.15, 0.2) is 39.3 Å². The maximum Gasteiger partial charge on any atom is 0.167 e. The predicted octanol–water partition coefficient (Wildman–Crippen LogP) is 5.39. The van der Waals surface area contributed by atoms with Gasteiger partial charge in [0.05, 0.1) is 0 Å². The van der Waals surface area contributed by atoms with Gasteiger partial charge < -0.3 is 0 Å². The molecule has 0 fully saturated rings. The molecule has 0 saturated heterocycles. The lowest BCUT2D eigenvalue weighted by atomic mass is 9.99. The number of aryl methyl sites for hydroxylation is 2. The van der Waals surface area contributed by atoms with Gasteiger partial charge in [-0.15, -0.1) is 0 Å². The number of hydrogen-bond donors (Lipinski definition) is 0. The summed E-state index contributed by atoms with van der Waals surface area (Å²) in [5.74, 6) is -0.353. The Labute approximate surface area is 134 Å². The Morgan fingerprint density at radius 1 is 1.10 bits per heavy atom. The van der Waals surface area contributed by atoms with E-state index in [0.717, 1.165) is 20.1 Å². The number of halogens is 3. The number of Topliss-reactive ketones (excluding diaryl/α,β-unsaturated/α-hetero) is 1. The first-order valence-corrected chi connectivity index (χ1v) is 7.71. The third-order valence-electron chi connectivity index (χ3n) is 3.12. The van der Waals surface area contributed by atoms with Gasteiger partial charge in [0, 0.05) is 20.9 Å². The maximum atomic E-state index is 13.2. The van der Waals surface area contributed by atoms with Crippen molar-refractivity contribution in [3.8, 4) is 0 Å². The van der Waals surface area contributed by atoms with Gasteiger partial charge in [0.1, 0.15) is 5.82 Å². The third-order valence-corrected chi connectivity index (χ3v) is 5.14. The van der Waals surface area contributed by atoms with Crippen LogP contribution >= 0.6 is 31.9 Å². The van der Waals surface area contributed by atoms with Gasteiger partial charge in [-0.1, -0.05) is 31.9 Å². The second kappa shape index (κ2) is 6.19. The van der Waals surface area contributed by atoms with E-state index in [9.17, 15) is 9.18 Å². The molecular formula is C16H13Br2FO. The van der Waals surface area contributed by atoms with E-state index in [-0.39, 0.29) is 18.0 Å². The Hall–Kier alpha value is -1.000. The van der Waals surface area contributed by atoms with E-state index in [2.05, 4.69) is 31.9 Å². The van der Waals surface area contributed by atoms with Crippen molar-refractivity contribution in [1.82, 2.24) is 0 Å².